The maximum absolute atomic E-state index is 12.0. The quantitative estimate of drug-likeness (QED) is 0.876. The van der Waals surface area contributed by atoms with E-state index in [1.54, 1.807) is 0 Å². The maximum Gasteiger partial charge on any atom is 0.173 e. The van der Waals surface area contributed by atoms with Crippen LogP contribution in [0.3, 0.4) is 0 Å². The summed E-state index contributed by atoms with van der Waals surface area (Å²) in [5.41, 5.74) is 0.957. The Hall–Kier alpha value is -0.930. The smallest absolute Gasteiger partial charge is 0.173 e. The van der Waals surface area contributed by atoms with Gasteiger partial charge < -0.3 is 5.11 Å². The van der Waals surface area contributed by atoms with Gasteiger partial charge in [0.1, 0.15) is 5.76 Å². The molecule has 2 nitrogen and oxygen atoms in total. The Balaban J connectivity index is 2.06. The van der Waals surface area contributed by atoms with Gasteiger partial charge >= 0.3 is 0 Å². The summed E-state index contributed by atoms with van der Waals surface area (Å²) >= 11 is 7.24. The average Bonchev–Trinajstić information content (AvgIpc) is 2.29. The maximum atomic E-state index is 12.0. The number of rotatable bonds is 3. The molecule has 1 N–H and O–H groups in total. The summed E-state index contributed by atoms with van der Waals surface area (Å²) in [6, 6.07) is 7.53. The Morgan fingerprint density at radius 2 is 1.89 bits per heavy atom. The summed E-state index contributed by atoms with van der Waals surface area (Å²) in [5, 5.41) is 10.7. The number of aliphatic hydroxyl groups is 1. The molecule has 0 aromatic heterocycles. The minimum Gasteiger partial charge on any atom is -0.511 e. The summed E-state index contributed by atoms with van der Waals surface area (Å²) in [5.74, 6) is 0.954. The molecule has 0 bridgehead atoms. The lowest BCUT2D eigenvalue weighted by molar-refractivity contribution is -0.117. The van der Waals surface area contributed by atoms with Gasteiger partial charge in [-0.3, -0.25) is 4.79 Å². The largest absolute Gasteiger partial charge is 0.511 e. The molecule has 1 aromatic rings. The number of carbonyl (C=O) groups is 1. The average molecular weight is 297 g/mol. The lowest BCUT2D eigenvalue weighted by atomic mass is 9.79. The number of benzene rings is 1. The Bertz CT molecular complexity index is 517. The molecule has 0 aliphatic heterocycles. The van der Waals surface area contributed by atoms with Crippen LogP contribution in [0.4, 0.5) is 0 Å². The summed E-state index contributed by atoms with van der Waals surface area (Å²) < 4.78 is 0. The van der Waals surface area contributed by atoms with Crippen molar-refractivity contribution in [2.75, 3.05) is 0 Å². The van der Waals surface area contributed by atoms with Gasteiger partial charge in [-0.05, 0) is 23.1 Å². The Morgan fingerprint density at radius 3 is 2.47 bits per heavy atom. The van der Waals surface area contributed by atoms with Crippen molar-refractivity contribution in [2.45, 2.75) is 32.4 Å². The van der Waals surface area contributed by atoms with Gasteiger partial charge in [0.15, 0.2) is 5.78 Å². The fraction of sp³-hybridized carbons (Fsp3) is 0.400. The van der Waals surface area contributed by atoms with Crippen molar-refractivity contribution < 1.29 is 9.90 Å². The number of carbonyl (C=O) groups excluding carboxylic acids is 1. The number of ketones is 1. The molecule has 0 radical (unpaired) electrons. The lowest BCUT2D eigenvalue weighted by Gasteiger charge is -2.29. The molecule has 0 fully saturated rings. The first-order valence-corrected chi connectivity index (χ1v) is 7.56. The molecule has 102 valence electrons. The Kier molecular flexibility index (Phi) is 4.26. The molecule has 1 aromatic carbocycles. The molecule has 0 spiro atoms. The van der Waals surface area contributed by atoms with Gasteiger partial charge in [-0.1, -0.05) is 37.6 Å². The van der Waals surface area contributed by atoms with Crippen LogP contribution in [-0.4, -0.2) is 10.9 Å². The molecule has 19 heavy (non-hydrogen) atoms. The summed E-state index contributed by atoms with van der Waals surface area (Å²) in [6.07, 6.45) is 1.07. The van der Waals surface area contributed by atoms with Crippen LogP contribution < -0.4 is 0 Å². The third kappa shape index (κ3) is 3.77. The second kappa shape index (κ2) is 5.59. The van der Waals surface area contributed by atoms with Gasteiger partial charge in [-0.25, -0.2) is 0 Å². The zero-order valence-corrected chi connectivity index (χ0v) is 12.6. The molecular weight excluding hydrogens is 280 g/mol. The van der Waals surface area contributed by atoms with Crippen molar-refractivity contribution in [3.63, 3.8) is 0 Å². The van der Waals surface area contributed by atoms with E-state index in [1.807, 2.05) is 38.1 Å². The van der Waals surface area contributed by atoms with E-state index in [0.717, 1.165) is 5.56 Å². The van der Waals surface area contributed by atoms with Crippen LogP contribution >= 0.6 is 23.4 Å². The van der Waals surface area contributed by atoms with Gasteiger partial charge in [0.25, 0.3) is 0 Å². The van der Waals surface area contributed by atoms with Crippen molar-refractivity contribution >= 4 is 29.1 Å². The SMILES string of the molecule is CC1(C)CC(=O)C(SCc2ccc(Cl)cc2)=C(O)C1. The van der Waals surface area contributed by atoms with Gasteiger partial charge in [0.05, 0.1) is 4.91 Å². The minimum atomic E-state index is -0.133. The van der Waals surface area contributed by atoms with Crippen LogP contribution in [-0.2, 0) is 10.5 Å². The normalized spacial score (nSPS) is 18.8. The Morgan fingerprint density at radius 1 is 1.26 bits per heavy atom. The zero-order chi connectivity index (χ0) is 14.0. The molecule has 0 amide bonds. The number of Topliss-reactive ketones (excluding diaryl/α,β-unsaturated/α-hetero) is 1. The van der Waals surface area contributed by atoms with Crippen LogP contribution in [0, 0.1) is 5.41 Å². The first-order chi connectivity index (χ1) is 8.87. The van der Waals surface area contributed by atoms with Gasteiger partial charge in [0, 0.05) is 23.6 Å². The highest BCUT2D eigenvalue weighted by Crippen LogP contribution is 2.40. The standard InChI is InChI=1S/C15H17ClO2S/c1-15(2)7-12(17)14(13(18)8-15)19-9-10-3-5-11(16)6-4-10/h3-6,17H,7-9H2,1-2H3. The molecule has 0 saturated heterocycles. The predicted molar refractivity (Wildman–Crippen MR) is 80.4 cm³/mol. The Labute approximate surface area is 122 Å². The fourth-order valence-corrected chi connectivity index (χ4v) is 3.27. The lowest BCUT2D eigenvalue weighted by Crippen LogP contribution is -2.24. The predicted octanol–water partition coefficient (Wildman–Crippen LogP) is 4.73. The molecule has 0 heterocycles. The molecule has 1 aliphatic rings. The number of halogens is 1. The van der Waals surface area contributed by atoms with E-state index in [-0.39, 0.29) is 17.0 Å². The molecule has 0 saturated carbocycles. The fourth-order valence-electron chi connectivity index (χ4n) is 2.17. The van der Waals surface area contributed by atoms with E-state index in [1.165, 1.54) is 11.8 Å². The van der Waals surface area contributed by atoms with Gasteiger partial charge in [-0.2, -0.15) is 0 Å². The first-order valence-electron chi connectivity index (χ1n) is 6.20. The minimum absolute atomic E-state index is 0.0488. The van der Waals surface area contributed by atoms with Crippen molar-refractivity contribution in [3.05, 3.63) is 45.5 Å². The summed E-state index contributed by atoms with van der Waals surface area (Å²) in [6.45, 7) is 4.00. The van der Waals surface area contributed by atoms with Gasteiger partial charge in [-0.15, -0.1) is 11.8 Å². The van der Waals surface area contributed by atoms with Crippen LogP contribution in [0.2, 0.25) is 5.02 Å². The van der Waals surface area contributed by atoms with Crippen molar-refractivity contribution in [2.24, 2.45) is 5.41 Å². The van der Waals surface area contributed by atoms with E-state index in [4.69, 9.17) is 11.6 Å². The summed E-state index contributed by atoms with van der Waals surface area (Å²) in [4.78, 5) is 12.6. The number of aliphatic hydroxyl groups excluding tert-OH is 1. The molecule has 1 aliphatic carbocycles. The van der Waals surface area contributed by atoms with Crippen LogP contribution in [0.15, 0.2) is 34.9 Å². The zero-order valence-electron chi connectivity index (χ0n) is 11.1. The molecule has 4 heteroatoms. The highest BCUT2D eigenvalue weighted by molar-refractivity contribution is 8.03. The topological polar surface area (TPSA) is 37.3 Å². The third-order valence-corrected chi connectivity index (χ3v) is 4.58. The van der Waals surface area contributed by atoms with E-state index in [2.05, 4.69) is 0 Å². The van der Waals surface area contributed by atoms with Crippen LogP contribution in [0.5, 0.6) is 0 Å². The van der Waals surface area contributed by atoms with Crippen molar-refractivity contribution in [1.82, 2.24) is 0 Å². The molecular formula is C15H17ClO2S. The van der Waals surface area contributed by atoms with E-state index in [0.29, 0.717) is 28.5 Å². The van der Waals surface area contributed by atoms with Crippen molar-refractivity contribution in [3.8, 4) is 0 Å². The van der Waals surface area contributed by atoms with E-state index in [9.17, 15) is 9.90 Å². The molecule has 2 rings (SSSR count). The second-order valence-electron chi connectivity index (χ2n) is 5.63. The number of hydrogen-bond donors (Lipinski definition) is 1. The van der Waals surface area contributed by atoms with Crippen LogP contribution in [0.1, 0.15) is 32.3 Å². The van der Waals surface area contributed by atoms with E-state index < -0.39 is 0 Å². The number of hydrogen-bond acceptors (Lipinski definition) is 3. The number of allylic oxidation sites excluding steroid dienone is 2. The van der Waals surface area contributed by atoms with Crippen molar-refractivity contribution in [1.29, 1.82) is 0 Å². The highest BCUT2D eigenvalue weighted by atomic mass is 35.5. The number of thioether (sulfide) groups is 1. The van der Waals surface area contributed by atoms with E-state index >= 15 is 0 Å². The van der Waals surface area contributed by atoms with Crippen LogP contribution in [0.25, 0.3) is 0 Å². The molecule has 0 unspecified atom stereocenters. The third-order valence-electron chi connectivity index (χ3n) is 3.10. The second-order valence-corrected chi connectivity index (χ2v) is 7.05. The van der Waals surface area contributed by atoms with Gasteiger partial charge in [0.2, 0.25) is 0 Å². The first kappa shape index (κ1) is 14.5. The highest BCUT2D eigenvalue weighted by Gasteiger charge is 2.33. The molecule has 0 atom stereocenters. The monoisotopic (exact) mass is 296 g/mol. The summed E-state index contributed by atoms with van der Waals surface area (Å²) in [7, 11) is 0.